The largest absolute Gasteiger partial charge is 0.416 e. The zero-order valence-corrected chi connectivity index (χ0v) is 19.1. The number of rotatable bonds is 7. The van der Waals surface area contributed by atoms with Gasteiger partial charge >= 0.3 is 6.18 Å². The van der Waals surface area contributed by atoms with E-state index in [1.807, 2.05) is 54.8 Å². The summed E-state index contributed by atoms with van der Waals surface area (Å²) in [6, 6.07) is 16.0. The number of nitrogens with zero attached hydrogens (tertiary/aromatic N) is 2. The number of halogens is 3. The third-order valence-corrected chi connectivity index (χ3v) is 6.52. The normalized spacial score (nSPS) is 12.6. The lowest BCUT2D eigenvalue weighted by Crippen LogP contribution is -2.29. The van der Waals surface area contributed by atoms with Gasteiger partial charge in [-0.15, -0.1) is 11.3 Å². The van der Waals surface area contributed by atoms with E-state index in [1.54, 1.807) is 0 Å². The van der Waals surface area contributed by atoms with Gasteiger partial charge in [-0.2, -0.15) is 13.2 Å². The molecule has 1 atom stereocenters. The first-order valence-corrected chi connectivity index (χ1v) is 11.6. The predicted molar refractivity (Wildman–Crippen MR) is 126 cm³/mol. The summed E-state index contributed by atoms with van der Waals surface area (Å²) in [4.78, 5) is 30.9. The van der Waals surface area contributed by atoms with Crippen LogP contribution in [0.15, 0.2) is 70.8 Å². The van der Waals surface area contributed by atoms with Crippen molar-refractivity contribution in [3.05, 3.63) is 98.1 Å². The number of thiophene rings is 1. The van der Waals surface area contributed by atoms with Gasteiger partial charge < -0.3 is 9.88 Å². The van der Waals surface area contributed by atoms with Crippen LogP contribution in [0.2, 0.25) is 0 Å². The first-order valence-electron chi connectivity index (χ1n) is 10.7. The second-order valence-corrected chi connectivity index (χ2v) is 8.92. The van der Waals surface area contributed by atoms with Crippen molar-refractivity contribution >= 4 is 28.3 Å². The summed E-state index contributed by atoms with van der Waals surface area (Å²) in [6.07, 6.45) is -4.52. The number of alkyl halides is 3. The first kappa shape index (κ1) is 23.7. The number of hydrogen-bond donors (Lipinski definition) is 1. The molecule has 0 aliphatic heterocycles. The molecule has 0 fully saturated rings. The summed E-state index contributed by atoms with van der Waals surface area (Å²) < 4.78 is 41.3. The third-order valence-electron chi connectivity index (χ3n) is 5.46. The molecule has 2 aromatic carbocycles. The van der Waals surface area contributed by atoms with E-state index in [1.165, 1.54) is 22.0 Å². The Balaban J connectivity index is 1.65. The smallest absolute Gasteiger partial charge is 0.349 e. The van der Waals surface area contributed by atoms with E-state index < -0.39 is 17.3 Å². The molecule has 0 saturated heterocycles. The topological polar surface area (TPSA) is 64.0 Å². The highest BCUT2D eigenvalue weighted by Gasteiger charge is 2.31. The van der Waals surface area contributed by atoms with Gasteiger partial charge in [-0.1, -0.05) is 36.4 Å². The number of aryl methyl sites for hydroxylation is 1. The zero-order valence-electron chi connectivity index (χ0n) is 18.3. The van der Waals surface area contributed by atoms with E-state index in [0.29, 0.717) is 5.52 Å². The number of carbonyl (C=O) groups is 1. The number of fused-ring (bicyclic) bond motifs is 1. The van der Waals surface area contributed by atoms with Crippen LogP contribution < -0.4 is 10.9 Å². The van der Waals surface area contributed by atoms with Gasteiger partial charge in [0.25, 0.3) is 5.56 Å². The molecular formula is C25H22F3N3O2S. The number of carbonyl (C=O) groups excluding carboxylic acids is 1. The maximum absolute atomic E-state index is 13.3. The van der Waals surface area contributed by atoms with Crippen LogP contribution in [0.5, 0.6) is 0 Å². The number of amides is 1. The standard InChI is InChI=1S/C25H22F3N3O2S/c1-16(22-8-5-13-34-22)29-23(32)12-10-19-24(33)31(15-17-6-3-2-4-7-17)21-11-9-18(25(26,27)28)14-20(21)30-19/h2-9,11,13-14,16H,10,12,15H2,1H3,(H,29,32). The number of benzene rings is 2. The highest BCUT2D eigenvalue weighted by atomic mass is 32.1. The zero-order chi connectivity index (χ0) is 24.3. The van der Waals surface area contributed by atoms with Crippen LogP contribution in [0, 0.1) is 0 Å². The minimum absolute atomic E-state index is 0.00619. The van der Waals surface area contributed by atoms with Gasteiger partial charge in [0, 0.05) is 17.7 Å². The van der Waals surface area contributed by atoms with Crippen molar-refractivity contribution in [2.75, 3.05) is 0 Å². The molecule has 0 aliphatic carbocycles. The fourth-order valence-electron chi connectivity index (χ4n) is 3.72. The molecule has 5 nitrogen and oxygen atoms in total. The van der Waals surface area contributed by atoms with Crippen molar-refractivity contribution in [1.29, 1.82) is 0 Å². The molecule has 2 heterocycles. The summed E-state index contributed by atoms with van der Waals surface area (Å²) in [6.45, 7) is 2.04. The maximum Gasteiger partial charge on any atom is 0.416 e. The summed E-state index contributed by atoms with van der Waals surface area (Å²) in [5.41, 5.74) is -0.0117. The highest BCUT2D eigenvalue weighted by Crippen LogP contribution is 2.31. The molecule has 34 heavy (non-hydrogen) atoms. The molecule has 0 aliphatic rings. The van der Waals surface area contributed by atoms with Gasteiger partial charge in [0.1, 0.15) is 5.69 Å². The van der Waals surface area contributed by atoms with Gasteiger partial charge in [0.05, 0.1) is 29.2 Å². The second-order valence-electron chi connectivity index (χ2n) is 7.94. The van der Waals surface area contributed by atoms with E-state index in [4.69, 9.17) is 0 Å². The SMILES string of the molecule is CC(NC(=O)CCc1nc2cc(C(F)(F)F)ccc2n(Cc2ccccc2)c1=O)c1cccs1. The van der Waals surface area contributed by atoms with Crippen molar-refractivity contribution < 1.29 is 18.0 Å². The maximum atomic E-state index is 13.3. The Morgan fingerprint density at radius 1 is 1.12 bits per heavy atom. The van der Waals surface area contributed by atoms with E-state index in [-0.39, 0.29) is 42.5 Å². The van der Waals surface area contributed by atoms with Gasteiger partial charge in [-0.05, 0) is 42.1 Å². The molecule has 0 radical (unpaired) electrons. The Kier molecular flexibility index (Phi) is 6.83. The molecule has 0 saturated carbocycles. The molecule has 0 bridgehead atoms. The molecule has 1 unspecified atom stereocenters. The quantitative estimate of drug-likeness (QED) is 0.385. The van der Waals surface area contributed by atoms with Crippen LogP contribution in [0.4, 0.5) is 13.2 Å². The second kappa shape index (κ2) is 9.80. The Bertz CT molecular complexity index is 1350. The van der Waals surface area contributed by atoms with Crippen molar-refractivity contribution in [3.63, 3.8) is 0 Å². The molecule has 4 rings (SSSR count). The summed E-state index contributed by atoms with van der Waals surface area (Å²) >= 11 is 1.53. The fraction of sp³-hybridized carbons (Fsp3) is 0.240. The van der Waals surface area contributed by atoms with Crippen LogP contribution >= 0.6 is 11.3 Å². The van der Waals surface area contributed by atoms with Crippen molar-refractivity contribution in [3.8, 4) is 0 Å². The number of aromatic nitrogens is 2. The average molecular weight is 486 g/mol. The van der Waals surface area contributed by atoms with Crippen molar-refractivity contribution in [1.82, 2.24) is 14.9 Å². The molecular weight excluding hydrogens is 463 g/mol. The Morgan fingerprint density at radius 3 is 2.56 bits per heavy atom. The van der Waals surface area contributed by atoms with Gasteiger partial charge in [0.15, 0.2) is 0 Å². The van der Waals surface area contributed by atoms with Crippen LogP contribution in [0.1, 0.15) is 41.1 Å². The molecule has 176 valence electrons. The Morgan fingerprint density at radius 2 is 1.88 bits per heavy atom. The lowest BCUT2D eigenvalue weighted by molar-refractivity contribution is -0.137. The lowest BCUT2D eigenvalue weighted by atomic mass is 10.1. The molecule has 9 heteroatoms. The molecule has 2 aromatic heterocycles. The highest BCUT2D eigenvalue weighted by molar-refractivity contribution is 7.10. The first-order chi connectivity index (χ1) is 16.2. The summed E-state index contributed by atoms with van der Waals surface area (Å²) in [7, 11) is 0. The molecule has 0 spiro atoms. The fourth-order valence-corrected chi connectivity index (χ4v) is 4.45. The van der Waals surface area contributed by atoms with Crippen molar-refractivity contribution in [2.45, 2.75) is 38.5 Å². The molecule has 1 amide bonds. The van der Waals surface area contributed by atoms with E-state index in [2.05, 4.69) is 10.3 Å². The Labute approximate surface area is 197 Å². The average Bonchev–Trinajstić information content (AvgIpc) is 3.35. The van der Waals surface area contributed by atoms with Crippen LogP contribution in [-0.4, -0.2) is 15.5 Å². The van der Waals surface area contributed by atoms with E-state index >= 15 is 0 Å². The minimum atomic E-state index is -4.53. The van der Waals surface area contributed by atoms with Gasteiger partial charge in [-0.25, -0.2) is 4.98 Å². The summed E-state index contributed by atoms with van der Waals surface area (Å²) in [5, 5.41) is 4.80. The van der Waals surface area contributed by atoms with E-state index in [0.717, 1.165) is 22.6 Å². The van der Waals surface area contributed by atoms with Crippen molar-refractivity contribution in [2.24, 2.45) is 0 Å². The van der Waals surface area contributed by atoms with E-state index in [9.17, 15) is 22.8 Å². The monoisotopic (exact) mass is 485 g/mol. The number of nitrogens with one attached hydrogen (secondary N) is 1. The summed E-state index contributed by atoms with van der Waals surface area (Å²) in [5.74, 6) is -0.263. The van der Waals surface area contributed by atoms with Crippen LogP contribution in [-0.2, 0) is 23.9 Å². The van der Waals surface area contributed by atoms with Crippen LogP contribution in [0.25, 0.3) is 11.0 Å². The van der Waals surface area contributed by atoms with Crippen LogP contribution in [0.3, 0.4) is 0 Å². The predicted octanol–water partition coefficient (Wildman–Crippen LogP) is 5.34. The lowest BCUT2D eigenvalue weighted by Gasteiger charge is -2.15. The van der Waals surface area contributed by atoms with Gasteiger partial charge in [0.2, 0.25) is 5.91 Å². The third kappa shape index (κ3) is 5.36. The molecule has 1 N–H and O–H groups in total. The Hall–Kier alpha value is -3.46. The number of hydrogen-bond acceptors (Lipinski definition) is 4. The van der Waals surface area contributed by atoms with Gasteiger partial charge in [-0.3, -0.25) is 9.59 Å². The molecule has 4 aromatic rings. The minimum Gasteiger partial charge on any atom is -0.349 e.